The van der Waals surface area contributed by atoms with Gasteiger partial charge in [0.2, 0.25) is 5.82 Å². The van der Waals surface area contributed by atoms with Crippen molar-refractivity contribution in [2.75, 3.05) is 6.61 Å². The molecule has 0 aliphatic carbocycles. The zero-order valence-corrected chi connectivity index (χ0v) is 13.4. The van der Waals surface area contributed by atoms with Crippen LogP contribution in [-0.2, 0) is 4.74 Å². The largest absolute Gasteiger partial charge is 0.460 e. The minimum Gasteiger partial charge on any atom is -0.460 e. The summed E-state index contributed by atoms with van der Waals surface area (Å²) >= 11 is 12.1. The van der Waals surface area contributed by atoms with Gasteiger partial charge in [0.15, 0.2) is 0 Å². The molecule has 112 valence electrons. The van der Waals surface area contributed by atoms with Gasteiger partial charge in [-0.1, -0.05) is 29.3 Å². The molecule has 1 atom stereocenters. The van der Waals surface area contributed by atoms with Crippen LogP contribution in [0.1, 0.15) is 41.9 Å². The SMILES string of the molecule is CCOC(=O)c1nnc(C)n1C(C)c1ccc(Cl)cc1Cl. The van der Waals surface area contributed by atoms with Crippen LogP contribution in [-0.4, -0.2) is 27.3 Å². The number of nitrogens with zero attached hydrogens (tertiary/aromatic N) is 3. The Bertz CT molecular complexity index is 670. The van der Waals surface area contributed by atoms with Crippen molar-refractivity contribution in [2.24, 2.45) is 0 Å². The zero-order chi connectivity index (χ0) is 15.6. The van der Waals surface area contributed by atoms with E-state index in [0.29, 0.717) is 15.9 Å². The highest BCUT2D eigenvalue weighted by Gasteiger charge is 2.23. The molecule has 0 fully saturated rings. The van der Waals surface area contributed by atoms with Crippen molar-refractivity contribution in [1.29, 1.82) is 0 Å². The van der Waals surface area contributed by atoms with Crippen molar-refractivity contribution >= 4 is 29.2 Å². The smallest absolute Gasteiger partial charge is 0.376 e. The monoisotopic (exact) mass is 327 g/mol. The highest BCUT2D eigenvalue weighted by Crippen LogP contribution is 2.29. The van der Waals surface area contributed by atoms with E-state index in [1.165, 1.54) is 0 Å². The van der Waals surface area contributed by atoms with Crippen LogP contribution in [0, 0.1) is 6.92 Å². The van der Waals surface area contributed by atoms with Gasteiger partial charge < -0.3 is 4.74 Å². The van der Waals surface area contributed by atoms with Gasteiger partial charge in [0, 0.05) is 10.0 Å². The number of hydrogen-bond acceptors (Lipinski definition) is 4. The maximum atomic E-state index is 12.0. The molecule has 2 aromatic rings. The lowest BCUT2D eigenvalue weighted by atomic mass is 10.1. The fourth-order valence-corrected chi connectivity index (χ4v) is 2.71. The molecule has 1 aromatic heterocycles. The van der Waals surface area contributed by atoms with Gasteiger partial charge in [-0.25, -0.2) is 4.79 Å². The lowest BCUT2D eigenvalue weighted by molar-refractivity contribution is 0.0504. The van der Waals surface area contributed by atoms with E-state index in [9.17, 15) is 4.79 Å². The minimum absolute atomic E-state index is 0.160. The van der Waals surface area contributed by atoms with Gasteiger partial charge >= 0.3 is 5.97 Å². The summed E-state index contributed by atoms with van der Waals surface area (Å²) in [5.41, 5.74) is 0.828. The van der Waals surface area contributed by atoms with Gasteiger partial charge in [0.05, 0.1) is 12.6 Å². The van der Waals surface area contributed by atoms with E-state index in [4.69, 9.17) is 27.9 Å². The van der Waals surface area contributed by atoms with Crippen LogP contribution in [0.25, 0.3) is 0 Å². The standard InChI is InChI=1S/C14H15Cl2N3O2/c1-4-21-14(20)13-18-17-9(3)19(13)8(2)11-6-5-10(15)7-12(11)16/h5-8H,4H2,1-3H3. The van der Waals surface area contributed by atoms with Gasteiger partial charge in [-0.05, 0) is 38.5 Å². The topological polar surface area (TPSA) is 57.0 Å². The van der Waals surface area contributed by atoms with Crippen molar-refractivity contribution in [2.45, 2.75) is 26.8 Å². The van der Waals surface area contributed by atoms with E-state index in [0.717, 1.165) is 5.56 Å². The number of aryl methyl sites for hydroxylation is 1. The summed E-state index contributed by atoms with van der Waals surface area (Å²) in [6.07, 6.45) is 0. The summed E-state index contributed by atoms with van der Waals surface area (Å²) in [5, 5.41) is 8.94. The van der Waals surface area contributed by atoms with E-state index in [2.05, 4.69) is 10.2 Å². The normalized spacial score (nSPS) is 12.2. The van der Waals surface area contributed by atoms with Crippen LogP contribution in [0.3, 0.4) is 0 Å². The summed E-state index contributed by atoms with van der Waals surface area (Å²) in [6, 6.07) is 5.02. The minimum atomic E-state index is -0.505. The van der Waals surface area contributed by atoms with Crippen molar-refractivity contribution in [3.63, 3.8) is 0 Å². The van der Waals surface area contributed by atoms with E-state index >= 15 is 0 Å². The Labute approximate surface area is 132 Å². The zero-order valence-electron chi connectivity index (χ0n) is 11.9. The molecule has 0 saturated heterocycles. The predicted molar refractivity (Wildman–Crippen MR) is 81.0 cm³/mol. The molecule has 0 N–H and O–H groups in total. The third kappa shape index (κ3) is 3.19. The first kappa shape index (κ1) is 15.8. The molecule has 0 spiro atoms. The highest BCUT2D eigenvalue weighted by molar-refractivity contribution is 6.35. The number of ether oxygens (including phenoxy) is 1. The molecule has 1 aromatic carbocycles. The second kappa shape index (κ2) is 6.45. The Morgan fingerprint density at radius 2 is 2.10 bits per heavy atom. The number of rotatable bonds is 4. The number of carbonyl (C=O) groups excluding carboxylic acids is 1. The van der Waals surface area contributed by atoms with Gasteiger partial charge in [-0.3, -0.25) is 4.57 Å². The van der Waals surface area contributed by atoms with Crippen LogP contribution < -0.4 is 0 Å². The van der Waals surface area contributed by atoms with E-state index < -0.39 is 5.97 Å². The Morgan fingerprint density at radius 1 is 1.38 bits per heavy atom. The second-order valence-corrected chi connectivity index (χ2v) is 5.35. The first-order valence-electron chi connectivity index (χ1n) is 6.49. The van der Waals surface area contributed by atoms with Crippen LogP contribution >= 0.6 is 23.2 Å². The molecule has 0 bridgehead atoms. The quantitative estimate of drug-likeness (QED) is 0.804. The molecule has 0 aliphatic rings. The number of carbonyl (C=O) groups is 1. The van der Waals surface area contributed by atoms with Crippen molar-refractivity contribution in [3.8, 4) is 0 Å². The molecule has 5 nitrogen and oxygen atoms in total. The Kier molecular flexibility index (Phi) is 4.85. The van der Waals surface area contributed by atoms with Crippen molar-refractivity contribution in [1.82, 2.24) is 14.8 Å². The molecule has 7 heteroatoms. The molecular formula is C14H15Cl2N3O2. The van der Waals surface area contributed by atoms with E-state index in [1.54, 1.807) is 30.5 Å². The lowest BCUT2D eigenvalue weighted by Gasteiger charge is -2.18. The van der Waals surface area contributed by atoms with E-state index in [-0.39, 0.29) is 18.5 Å². The summed E-state index contributed by atoms with van der Waals surface area (Å²) < 4.78 is 6.70. The summed E-state index contributed by atoms with van der Waals surface area (Å²) in [7, 11) is 0. The lowest BCUT2D eigenvalue weighted by Crippen LogP contribution is -2.18. The molecule has 0 saturated carbocycles. The third-order valence-electron chi connectivity index (χ3n) is 3.12. The fourth-order valence-electron chi connectivity index (χ4n) is 2.15. The van der Waals surface area contributed by atoms with Crippen molar-refractivity contribution < 1.29 is 9.53 Å². The average Bonchev–Trinajstić information content (AvgIpc) is 2.80. The number of benzene rings is 1. The second-order valence-electron chi connectivity index (χ2n) is 4.50. The van der Waals surface area contributed by atoms with Crippen LogP contribution in [0.2, 0.25) is 10.0 Å². The number of hydrogen-bond donors (Lipinski definition) is 0. The Morgan fingerprint density at radius 3 is 2.71 bits per heavy atom. The molecule has 2 rings (SSSR count). The maximum absolute atomic E-state index is 12.0. The molecule has 0 aliphatic heterocycles. The number of aromatic nitrogens is 3. The number of halogens is 2. The highest BCUT2D eigenvalue weighted by atomic mass is 35.5. The average molecular weight is 328 g/mol. The van der Waals surface area contributed by atoms with Gasteiger partial charge in [-0.2, -0.15) is 0 Å². The molecule has 1 heterocycles. The van der Waals surface area contributed by atoms with E-state index in [1.807, 2.05) is 13.0 Å². The van der Waals surface area contributed by atoms with Gasteiger partial charge in [0.1, 0.15) is 5.82 Å². The molecular weight excluding hydrogens is 313 g/mol. The summed E-state index contributed by atoms with van der Waals surface area (Å²) in [6.45, 7) is 5.70. The predicted octanol–water partition coefficient (Wildman–Crippen LogP) is 3.68. The first-order valence-corrected chi connectivity index (χ1v) is 7.24. The Balaban J connectivity index is 2.45. The Hall–Kier alpha value is -1.59. The van der Waals surface area contributed by atoms with Crippen LogP contribution in [0.5, 0.6) is 0 Å². The van der Waals surface area contributed by atoms with Gasteiger partial charge in [0.25, 0.3) is 0 Å². The van der Waals surface area contributed by atoms with Crippen molar-refractivity contribution in [3.05, 3.63) is 45.5 Å². The molecule has 0 radical (unpaired) electrons. The van der Waals surface area contributed by atoms with Gasteiger partial charge in [-0.15, -0.1) is 10.2 Å². The molecule has 1 unspecified atom stereocenters. The third-order valence-corrected chi connectivity index (χ3v) is 3.69. The number of esters is 1. The molecule has 21 heavy (non-hydrogen) atoms. The van der Waals surface area contributed by atoms with Crippen LogP contribution in [0.4, 0.5) is 0 Å². The fraction of sp³-hybridized carbons (Fsp3) is 0.357. The summed E-state index contributed by atoms with van der Waals surface area (Å²) in [4.78, 5) is 12.0. The summed E-state index contributed by atoms with van der Waals surface area (Å²) in [5.74, 6) is 0.263. The first-order chi connectivity index (χ1) is 9.95. The van der Waals surface area contributed by atoms with Crippen LogP contribution in [0.15, 0.2) is 18.2 Å². The maximum Gasteiger partial charge on any atom is 0.376 e. The molecule has 0 amide bonds.